The number of nitrogens with zero attached hydrogens (tertiary/aromatic N) is 1. The van der Waals surface area contributed by atoms with Gasteiger partial charge in [-0.2, -0.15) is 0 Å². The zero-order valence-electron chi connectivity index (χ0n) is 13.5. The molecule has 2 nitrogen and oxygen atoms in total. The lowest BCUT2D eigenvalue weighted by Gasteiger charge is -2.29. The van der Waals surface area contributed by atoms with E-state index < -0.39 is 0 Å². The SMILES string of the molecule is CCNCc1ccc(N(CC(C)C)CC(C)C)c(Br)c1. The molecule has 1 rings (SSSR count). The molecule has 0 saturated carbocycles. The summed E-state index contributed by atoms with van der Waals surface area (Å²) in [5.74, 6) is 1.34. The van der Waals surface area contributed by atoms with E-state index in [1.54, 1.807) is 0 Å². The molecule has 0 radical (unpaired) electrons. The predicted octanol–water partition coefficient (Wildman–Crippen LogP) is 4.68. The molecule has 0 fully saturated rings. The lowest BCUT2D eigenvalue weighted by Crippen LogP contribution is -2.31. The molecule has 0 atom stereocenters. The average Bonchev–Trinajstić information content (AvgIpc) is 2.34. The molecule has 0 unspecified atom stereocenters. The van der Waals surface area contributed by atoms with Crippen molar-refractivity contribution in [1.82, 2.24) is 5.32 Å². The molecular formula is C17H29BrN2. The third kappa shape index (κ3) is 5.84. The van der Waals surface area contributed by atoms with Crippen LogP contribution in [0.1, 0.15) is 40.2 Å². The highest BCUT2D eigenvalue weighted by atomic mass is 79.9. The van der Waals surface area contributed by atoms with E-state index in [9.17, 15) is 0 Å². The van der Waals surface area contributed by atoms with Gasteiger partial charge in [-0.1, -0.05) is 40.7 Å². The van der Waals surface area contributed by atoms with Crippen molar-refractivity contribution in [2.75, 3.05) is 24.5 Å². The molecular weight excluding hydrogens is 312 g/mol. The molecule has 0 bridgehead atoms. The van der Waals surface area contributed by atoms with Gasteiger partial charge >= 0.3 is 0 Å². The smallest absolute Gasteiger partial charge is 0.0511 e. The van der Waals surface area contributed by atoms with Crippen molar-refractivity contribution < 1.29 is 0 Å². The first-order chi connectivity index (χ1) is 9.43. The van der Waals surface area contributed by atoms with Gasteiger partial charge in [-0.05, 0) is 52.0 Å². The lowest BCUT2D eigenvalue weighted by molar-refractivity contribution is 0.552. The molecule has 0 saturated heterocycles. The van der Waals surface area contributed by atoms with E-state index >= 15 is 0 Å². The van der Waals surface area contributed by atoms with Gasteiger partial charge in [0.1, 0.15) is 0 Å². The normalized spacial score (nSPS) is 11.4. The van der Waals surface area contributed by atoms with Crippen molar-refractivity contribution in [2.24, 2.45) is 11.8 Å². The standard InChI is InChI=1S/C17H29BrN2/c1-6-19-10-15-7-8-17(16(18)9-15)20(11-13(2)3)12-14(4)5/h7-9,13-14,19H,6,10-12H2,1-5H3. The van der Waals surface area contributed by atoms with Crippen LogP contribution in [0, 0.1) is 11.8 Å². The molecule has 0 aliphatic heterocycles. The molecule has 1 aromatic rings. The van der Waals surface area contributed by atoms with Gasteiger partial charge < -0.3 is 10.2 Å². The molecule has 0 spiro atoms. The van der Waals surface area contributed by atoms with Crippen LogP contribution in [0.2, 0.25) is 0 Å². The summed E-state index contributed by atoms with van der Waals surface area (Å²) in [5, 5.41) is 3.37. The molecule has 0 aliphatic carbocycles. The minimum atomic E-state index is 0.669. The number of rotatable bonds is 8. The summed E-state index contributed by atoms with van der Waals surface area (Å²) in [6.45, 7) is 15.4. The first-order valence-electron chi connectivity index (χ1n) is 7.68. The summed E-state index contributed by atoms with van der Waals surface area (Å²) in [6, 6.07) is 6.73. The van der Waals surface area contributed by atoms with Crippen molar-refractivity contribution in [3.63, 3.8) is 0 Å². The zero-order chi connectivity index (χ0) is 15.1. The fourth-order valence-corrected chi connectivity index (χ4v) is 3.02. The Morgan fingerprint density at radius 1 is 1.10 bits per heavy atom. The van der Waals surface area contributed by atoms with Gasteiger partial charge in [-0.25, -0.2) is 0 Å². The van der Waals surface area contributed by atoms with E-state index in [0.29, 0.717) is 11.8 Å². The zero-order valence-corrected chi connectivity index (χ0v) is 15.1. The van der Waals surface area contributed by atoms with Crippen molar-refractivity contribution in [3.8, 4) is 0 Å². The fourth-order valence-electron chi connectivity index (χ4n) is 2.34. The third-order valence-corrected chi connectivity index (χ3v) is 3.74. The first kappa shape index (κ1) is 17.5. The Hall–Kier alpha value is -0.540. The Morgan fingerprint density at radius 3 is 2.15 bits per heavy atom. The molecule has 20 heavy (non-hydrogen) atoms. The highest BCUT2D eigenvalue weighted by Crippen LogP contribution is 2.28. The molecule has 0 heterocycles. The summed E-state index contributed by atoms with van der Waals surface area (Å²) in [6.07, 6.45) is 0. The monoisotopic (exact) mass is 340 g/mol. The van der Waals surface area contributed by atoms with Gasteiger partial charge in [0.2, 0.25) is 0 Å². The Balaban J connectivity index is 2.89. The first-order valence-corrected chi connectivity index (χ1v) is 8.47. The molecule has 0 aromatic heterocycles. The summed E-state index contributed by atoms with van der Waals surface area (Å²) >= 11 is 3.75. The summed E-state index contributed by atoms with van der Waals surface area (Å²) in [5.41, 5.74) is 2.64. The second kappa shape index (κ2) is 8.68. The van der Waals surface area contributed by atoms with Crippen LogP contribution in [-0.2, 0) is 6.54 Å². The number of hydrogen-bond donors (Lipinski definition) is 1. The van der Waals surface area contributed by atoms with Gasteiger partial charge in [0.15, 0.2) is 0 Å². The second-order valence-corrected chi connectivity index (χ2v) is 7.11. The van der Waals surface area contributed by atoms with Crippen molar-refractivity contribution >= 4 is 21.6 Å². The van der Waals surface area contributed by atoms with Crippen LogP contribution in [0.5, 0.6) is 0 Å². The Labute approximate surface area is 133 Å². The number of hydrogen-bond acceptors (Lipinski definition) is 2. The molecule has 114 valence electrons. The van der Waals surface area contributed by atoms with Crippen molar-refractivity contribution in [3.05, 3.63) is 28.2 Å². The predicted molar refractivity (Wildman–Crippen MR) is 93.4 cm³/mol. The van der Waals surface area contributed by atoms with E-state index in [1.165, 1.54) is 15.7 Å². The largest absolute Gasteiger partial charge is 0.370 e. The molecule has 0 amide bonds. The summed E-state index contributed by atoms with van der Waals surface area (Å²) in [7, 11) is 0. The average molecular weight is 341 g/mol. The Morgan fingerprint density at radius 2 is 1.70 bits per heavy atom. The number of halogens is 1. The van der Waals surface area contributed by atoms with E-state index in [1.807, 2.05) is 0 Å². The minimum Gasteiger partial charge on any atom is -0.370 e. The molecule has 3 heteroatoms. The van der Waals surface area contributed by atoms with E-state index in [4.69, 9.17) is 0 Å². The van der Waals surface area contributed by atoms with Crippen LogP contribution in [-0.4, -0.2) is 19.6 Å². The van der Waals surface area contributed by atoms with Gasteiger partial charge in [0, 0.05) is 24.1 Å². The maximum absolute atomic E-state index is 3.75. The van der Waals surface area contributed by atoms with Crippen LogP contribution < -0.4 is 10.2 Å². The Kier molecular flexibility index (Phi) is 7.60. The molecule has 1 aromatic carbocycles. The van der Waals surface area contributed by atoms with Crippen LogP contribution >= 0.6 is 15.9 Å². The third-order valence-electron chi connectivity index (χ3n) is 3.10. The van der Waals surface area contributed by atoms with Gasteiger partial charge in [-0.3, -0.25) is 0 Å². The number of benzene rings is 1. The fraction of sp³-hybridized carbons (Fsp3) is 0.647. The number of anilines is 1. The maximum atomic E-state index is 3.75. The summed E-state index contributed by atoms with van der Waals surface area (Å²) in [4.78, 5) is 2.50. The van der Waals surface area contributed by atoms with E-state index in [2.05, 4.69) is 79.0 Å². The van der Waals surface area contributed by atoms with Crippen LogP contribution in [0.25, 0.3) is 0 Å². The highest BCUT2D eigenvalue weighted by molar-refractivity contribution is 9.10. The second-order valence-electron chi connectivity index (χ2n) is 6.26. The minimum absolute atomic E-state index is 0.669. The van der Waals surface area contributed by atoms with Crippen molar-refractivity contribution in [2.45, 2.75) is 41.2 Å². The van der Waals surface area contributed by atoms with Crippen LogP contribution in [0.3, 0.4) is 0 Å². The molecule has 1 N–H and O–H groups in total. The maximum Gasteiger partial charge on any atom is 0.0511 e. The summed E-state index contributed by atoms with van der Waals surface area (Å²) < 4.78 is 1.20. The topological polar surface area (TPSA) is 15.3 Å². The van der Waals surface area contributed by atoms with Gasteiger partial charge in [0.25, 0.3) is 0 Å². The van der Waals surface area contributed by atoms with Crippen LogP contribution in [0.4, 0.5) is 5.69 Å². The van der Waals surface area contributed by atoms with Crippen LogP contribution in [0.15, 0.2) is 22.7 Å². The van der Waals surface area contributed by atoms with E-state index in [-0.39, 0.29) is 0 Å². The van der Waals surface area contributed by atoms with Gasteiger partial charge in [0.05, 0.1) is 5.69 Å². The van der Waals surface area contributed by atoms with Crippen molar-refractivity contribution in [1.29, 1.82) is 0 Å². The quantitative estimate of drug-likeness (QED) is 0.739. The number of nitrogens with one attached hydrogen (secondary N) is 1. The van der Waals surface area contributed by atoms with E-state index in [0.717, 1.165) is 26.2 Å². The molecule has 0 aliphatic rings. The van der Waals surface area contributed by atoms with Gasteiger partial charge in [-0.15, -0.1) is 0 Å². The highest BCUT2D eigenvalue weighted by Gasteiger charge is 2.13. The lowest BCUT2D eigenvalue weighted by atomic mass is 10.1. The Bertz CT molecular complexity index is 392.